The molecule has 0 bridgehead atoms. The average molecular weight is 1040 g/mol. The van der Waals surface area contributed by atoms with Gasteiger partial charge in [-0.2, -0.15) is 0 Å². The summed E-state index contributed by atoms with van der Waals surface area (Å²) >= 11 is 0. The molecule has 1 aliphatic heterocycles. The van der Waals surface area contributed by atoms with Crippen LogP contribution in [0.4, 0.5) is 0 Å². The zero-order valence-electron chi connectivity index (χ0n) is 47.4. The molecule has 9 unspecified atom stereocenters. The molecule has 8 N–H and O–H groups in total. The maximum atomic E-state index is 13.2. The number of carbonyl (C=O) groups excluding carboxylic acids is 1. The van der Waals surface area contributed by atoms with Crippen LogP contribution in [0.15, 0.2) is 24.3 Å². The van der Waals surface area contributed by atoms with Gasteiger partial charge >= 0.3 is 0 Å². The predicted molar refractivity (Wildman–Crippen MR) is 302 cm³/mol. The third-order valence-corrected chi connectivity index (χ3v) is 15.3. The van der Waals surface area contributed by atoms with E-state index in [4.69, 9.17) is 9.47 Å². The summed E-state index contributed by atoms with van der Waals surface area (Å²) in [6.07, 6.45) is 51.0. The second-order valence-electron chi connectivity index (χ2n) is 22.1. The van der Waals surface area contributed by atoms with E-state index in [0.717, 1.165) is 64.2 Å². The number of hydrogen-bond donors (Lipinski definition) is 8. The molecule has 1 aliphatic rings. The van der Waals surface area contributed by atoms with E-state index in [0.29, 0.717) is 19.3 Å². The second-order valence-corrected chi connectivity index (χ2v) is 22.1. The second kappa shape index (κ2) is 51.4. The van der Waals surface area contributed by atoms with Crippen LogP contribution in [0, 0.1) is 0 Å². The fraction of sp³-hybridized carbons (Fsp3) is 0.919. The van der Waals surface area contributed by atoms with E-state index in [1.165, 1.54) is 193 Å². The molecule has 1 heterocycles. The van der Waals surface area contributed by atoms with Crippen molar-refractivity contribution in [1.82, 2.24) is 5.32 Å². The lowest BCUT2D eigenvalue weighted by Gasteiger charge is -2.40. The van der Waals surface area contributed by atoms with Gasteiger partial charge in [0.05, 0.1) is 25.4 Å². The van der Waals surface area contributed by atoms with E-state index in [-0.39, 0.29) is 6.42 Å². The van der Waals surface area contributed by atoms with Gasteiger partial charge in [-0.3, -0.25) is 4.79 Å². The first kappa shape index (κ1) is 69.6. The molecule has 9 atom stereocenters. The van der Waals surface area contributed by atoms with Crippen LogP contribution in [-0.2, 0) is 14.3 Å². The quantitative estimate of drug-likeness (QED) is 0.0215. The Labute approximate surface area is 448 Å². The van der Waals surface area contributed by atoms with Gasteiger partial charge in [0.1, 0.15) is 36.6 Å². The normalized spacial score (nSPS) is 20.0. The Hall–Kier alpha value is -1.41. The number of aliphatic hydroxyl groups is 7. The standard InChI is InChI=1S/C62H119NO10/c1-3-5-7-9-11-13-15-17-19-21-22-23-24-25-26-27-28-29-30-31-32-33-34-36-37-39-41-43-45-47-49-54(65)57(67)53(52-72-62-60(70)59(69)58(68)56(51-64)73-62)63-61(71)55(66)50-48-46-44-42-40-38-35-20-18-16-14-12-10-8-6-4-2/h12,14,18,20,53-60,62,64-70H,3-11,13,15-17,19,21-52H2,1-2H3,(H,63,71)/b14-12-,20-18-. The van der Waals surface area contributed by atoms with Crippen LogP contribution in [0.25, 0.3) is 0 Å². The zero-order valence-corrected chi connectivity index (χ0v) is 47.4. The highest BCUT2D eigenvalue weighted by molar-refractivity contribution is 5.80. The molecule has 0 saturated carbocycles. The van der Waals surface area contributed by atoms with Crippen molar-refractivity contribution in [2.75, 3.05) is 13.2 Å². The molecule has 1 amide bonds. The summed E-state index contributed by atoms with van der Waals surface area (Å²) < 4.78 is 11.2. The number of carbonyl (C=O) groups is 1. The van der Waals surface area contributed by atoms with E-state index in [2.05, 4.69) is 43.5 Å². The van der Waals surface area contributed by atoms with Crippen molar-refractivity contribution in [1.29, 1.82) is 0 Å². The topological polar surface area (TPSA) is 189 Å². The Balaban J connectivity index is 2.22. The van der Waals surface area contributed by atoms with Gasteiger partial charge in [0.25, 0.3) is 0 Å². The fourth-order valence-electron chi connectivity index (χ4n) is 10.2. The van der Waals surface area contributed by atoms with Crippen LogP contribution >= 0.6 is 0 Å². The zero-order chi connectivity index (χ0) is 53.3. The van der Waals surface area contributed by atoms with Crippen molar-refractivity contribution in [3.05, 3.63) is 24.3 Å². The minimum absolute atomic E-state index is 0.249. The Kier molecular flexibility index (Phi) is 49.0. The summed E-state index contributed by atoms with van der Waals surface area (Å²) in [5.41, 5.74) is 0. The number of nitrogens with one attached hydrogen (secondary N) is 1. The van der Waals surface area contributed by atoms with Crippen LogP contribution in [0.1, 0.15) is 296 Å². The Morgan fingerprint density at radius 1 is 0.479 bits per heavy atom. The lowest BCUT2D eigenvalue weighted by molar-refractivity contribution is -0.303. The monoisotopic (exact) mass is 1040 g/mol. The maximum absolute atomic E-state index is 13.2. The van der Waals surface area contributed by atoms with Gasteiger partial charge in [0.2, 0.25) is 5.91 Å². The van der Waals surface area contributed by atoms with E-state index < -0.39 is 74.2 Å². The van der Waals surface area contributed by atoms with Gasteiger partial charge < -0.3 is 50.5 Å². The molecule has 0 radical (unpaired) electrons. The van der Waals surface area contributed by atoms with E-state index in [9.17, 15) is 40.5 Å². The molecule has 1 rings (SSSR count). The lowest BCUT2D eigenvalue weighted by Crippen LogP contribution is -2.60. The minimum atomic E-state index is -1.66. The van der Waals surface area contributed by atoms with Crippen molar-refractivity contribution in [2.24, 2.45) is 0 Å². The van der Waals surface area contributed by atoms with E-state index in [1.54, 1.807) is 0 Å². The number of aliphatic hydroxyl groups excluding tert-OH is 7. The summed E-state index contributed by atoms with van der Waals surface area (Å²) in [5, 5.41) is 76.2. The van der Waals surface area contributed by atoms with Gasteiger partial charge in [-0.25, -0.2) is 0 Å². The molecular formula is C62H119NO10. The molecule has 73 heavy (non-hydrogen) atoms. The lowest BCUT2D eigenvalue weighted by atomic mass is 9.98. The molecule has 432 valence electrons. The number of unbranched alkanes of at least 4 members (excludes halogenated alkanes) is 38. The molecular weight excluding hydrogens is 919 g/mol. The van der Waals surface area contributed by atoms with Gasteiger partial charge in [0, 0.05) is 0 Å². The first-order valence-electron chi connectivity index (χ1n) is 31.2. The van der Waals surface area contributed by atoms with Crippen LogP contribution in [0.3, 0.4) is 0 Å². The highest BCUT2D eigenvalue weighted by Crippen LogP contribution is 2.24. The minimum Gasteiger partial charge on any atom is -0.394 e. The third kappa shape index (κ3) is 39.6. The fourth-order valence-corrected chi connectivity index (χ4v) is 10.2. The van der Waals surface area contributed by atoms with Crippen molar-refractivity contribution in [2.45, 2.75) is 351 Å². The first-order chi connectivity index (χ1) is 35.7. The molecule has 0 aromatic carbocycles. The van der Waals surface area contributed by atoms with Gasteiger partial charge in [-0.15, -0.1) is 0 Å². The number of amides is 1. The molecule has 1 fully saturated rings. The third-order valence-electron chi connectivity index (χ3n) is 15.3. The van der Waals surface area contributed by atoms with Gasteiger partial charge in [0.15, 0.2) is 6.29 Å². The van der Waals surface area contributed by atoms with Crippen LogP contribution in [0.2, 0.25) is 0 Å². The van der Waals surface area contributed by atoms with Crippen LogP contribution in [-0.4, -0.2) is 110 Å². The smallest absolute Gasteiger partial charge is 0.249 e. The molecule has 1 saturated heterocycles. The predicted octanol–water partition coefficient (Wildman–Crippen LogP) is 13.7. The number of ether oxygens (including phenoxy) is 2. The molecule has 11 heteroatoms. The number of hydrogen-bond acceptors (Lipinski definition) is 10. The number of allylic oxidation sites excluding steroid dienone is 4. The molecule has 0 aliphatic carbocycles. The first-order valence-corrected chi connectivity index (χ1v) is 31.2. The van der Waals surface area contributed by atoms with Crippen LogP contribution in [0.5, 0.6) is 0 Å². The van der Waals surface area contributed by atoms with Gasteiger partial charge in [-0.1, -0.05) is 276 Å². The Morgan fingerprint density at radius 3 is 1.25 bits per heavy atom. The van der Waals surface area contributed by atoms with Crippen molar-refractivity contribution in [3.8, 4) is 0 Å². The summed E-state index contributed by atoms with van der Waals surface area (Å²) in [5.74, 6) is -0.702. The average Bonchev–Trinajstić information content (AvgIpc) is 3.39. The van der Waals surface area contributed by atoms with Crippen molar-refractivity contribution >= 4 is 5.91 Å². The molecule has 0 aromatic rings. The summed E-state index contributed by atoms with van der Waals surface area (Å²) in [4.78, 5) is 13.2. The highest BCUT2D eigenvalue weighted by Gasteiger charge is 2.44. The summed E-state index contributed by atoms with van der Waals surface area (Å²) in [6, 6.07) is -1.17. The summed E-state index contributed by atoms with van der Waals surface area (Å²) in [6.45, 7) is 3.46. The van der Waals surface area contributed by atoms with Crippen molar-refractivity contribution in [3.63, 3.8) is 0 Å². The highest BCUT2D eigenvalue weighted by atomic mass is 16.7. The molecule has 0 aromatic heterocycles. The molecule has 11 nitrogen and oxygen atoms in total. The summed E-state index contributed by atoms with van der Waals surface area (Å²) in [7, 11) is 0. The maximum Gasteiger partial charge on any atom is 0.249 e. The Morgan fingerprint density at radius 2 is 0.836 bits per heavy atom. The van der Waals surface area contributed by atoms with E-state index >= 15 is 0 Å². The van der Waals surface area contributed by atoms with Crippen molar-refractivity contribution < 1.29 is 50.0 Å². The van der Waals surface area contributed by atoms with Gasteiger partial charge in [-0.05, 0) is 44.9 Å². The largest absolute Gasteiger partial charge is 0.394 e. The SMILES string of the molecule is CCCCC/C=C\C/C=C\CCCCCCCCC(O)C(=O)NC(COC1OC(CO)C(O)C(O)C1O)C(O)C(O)CCCCCCCCCCCCCCCCCCCCCCCCCCCCCCCC. The van der Waals surface area contributed by atoms with E-state index in [1.807, 2.05) is 0 Å². The Bertz CT molecular complexity index is 1240. The number of rotatable bonds is 54. The van der Waals surface area contributed by atoms with Crippen LogP contribution < -0.4 is 5.32 Å². The molecule has 0 spiro atoms.